The maximum absolute atomic E-state index is 4.43. The molecule has 0 bridgehead atoms. The summed E-state index contributed by atoms with van der Waals surface area (Å²) in [6.07, 6.45) is 1.75. The molecule has 0 aliphatic carbocycles. The average molecular weight is 248 g/mol. The molecule has 6 nitrogen and oxygen atoms in total. The Bertz CT molecular complexity index is 518. The minimum Gasteiger partial charge on any atom is -0.369 e. The van der Waals surface area contributed by atoms with E-state index in [0.717, 1.165) is 23.4 Å². The van der Waals surface area contributed by atoms with Gasteiger partial charge in [0.1, 0.15) is 5.82 Å². The molecule has 18 heavy (non-hydrogen) atoms. The lowest BCUT2D eigenvalue weighted by molar-refractivity contribution is 0.439. The molecule has 2 rings (SSSR count). The van der Waals surface area contributed by atoms with Gasteiger partial charge < -0.3 is 10.6 Å². The van der Waals surface area contributed by atoms with E-state index in [1.807, 2.05) is 0 Å². The largest absolute Gasteiger partial charge is 0.369 e. The predicted molar refractivity (Wildman–Crippen MR) is 73.7 cm³/mol. The van der Waals surface area contributed by atoms with Crippen molar-refractivity contribution in [3.8, 4) is 0 Å². The van der Waals surface area contributed by atoms with Gasteiger partial charge in [-0.1, -0.05) is 20.8 Å². The molecular formula is C12H20N6. The Morgan fingerprint density at radius 3 is 2.72 bits per heavy atom. The Balaban J connectivity index is 2.23. The van der Waals surface area contributed by atoms with Crippen molar-refractivity contribution >= 4 is 22.8 Å². The number of nitrogens with zero attached hydrogens (tertiary/aromatic N) is 3. The van der Waals surface area contributed by atoms with Crippen molar-refractivity contribution < 1.29 is 0 Å². The van der Waals surface area contributed by atoms with Gasteiger partial charge in [-0.3, -0.25) is 5.10 Å². The van der Waals surface area contributed by atoms with Crippen molar-refractivity contribution in [2.24, 2.45) is 11.8 Å². The zero-order chi connectivity index (χ0) is 13.1. The SMILES string of the molecule is CNc1nc(NCC(C)C(C)C)c2cn[nH]c2n1. The number of hydrogen-bond donors (Lipinski definition) is 3. The zero-order valence-electron chi connectivity index (χ0n) is 11.3. The second-order valence-corrected chi connectivity index (χ2v) is 4.88. The highest BCUT2D eigenvalue weighted by Crippen LogP contribution is 2.20. The molecule has 0 amide bonds. The molecule has 0 saturated carbocycles. The first-order chi connectivity index (χ1) is 8.61. The highest BCUT2D eigenvalue weighted by atomic mass is 15.2. The summed E-state index contributed by atoms with van der Waals surface area (Å²) >= 11 is 0. The molecule has 0 spiro atoms. The van der Waals surface area contributed by atoms with Crippen LogP contribution >= 0.6 is 0 Å². The quantitative estimate of drug-likeness (QED) is 0.755. The van der Waals surface area contributed by atoms with Crippen molar-refractivity contribution in [1.29, 1.82) is 0 Å². The molecule has 3 N–H and O–H groups in total. The number of fused-ring (bicyclic) bond motifs is 1. The van der Waals surface area contributed by atoms with Crippen molar-refractivity contribution in [3.05, 3.63) is 6.20 Å². The molecule has 0 saturated heterocycles. The molecule has 6 heteroatoms. The van der Waals surface area contributed by atoms with Gasteiger partial charge in [-0.05, 0) is 11.8 Å². The Morgan fingerprint density at radius 2 is 2.06 bits per heavy atom. The van der Waals surface area contributed by atoms with Crippen LogP contribution < -0.4 is 10.6 Å². The molecule has 0 radical (unpaired) electrons. The van der Waals surface area contributed by atoms with Crippen LogP contribution in [0.5, 0.6) is 0 Å². The predicted octanol–water partition coefficient (Wildman–Crippen LogP) is 2.10. The number of rotatable bonds is 5. The highest BCUT2D eigenvalue weighted by molar-refractivity contribution is 5.86. The second kappa shape index (κ2) is 5.20. The van der Waals surface area contributed by atoms with Crippen molar-refractivity contribution in [3.63, 3.8) is 0 Å². The normalized spacial score (nSPS) is 12.9. The molecule has 2 aromatic rings. The lowest BCUT2D eigenvalue weighted by atomic mass is 9.98. The van der Waals surface area contributed by atoms with Crippen molar-refractivity contribution in [2.45, 2.75) is 20.8 Å². The van der Waals surface area contributed by atoms with Gasteiger partial charge >= 0.3 is 0 Å². The van der Waals surface area contributed by atoms with Crippen LogP contribution in [-0.4, -0.2) is 33.8 Å². The van der Waals surface area contributed by atoms with E-state index in [-0.39, 0.29) is 0 Å². The van der Waals surface area contributed by atoms with Crippen molar-refractivity contribution in [2.75, 3.05) is 24.2 Å². The highest BCUT2D eigenvalue weighted by Gasteiger charge is 2.11. The van der Waals surface area contributed by atoms with E-state index in [4.69, 9.17) is 0 Å². The molecule has 2 heterocycles. The maximum Gasteiger partial charge on any atom is 0.226 e. The second-order valence-electron chi connectivity index (χ2n) is 4.88. The number of anilines is 2. The summed E-state index contributed by atoms with van der Waals surface area (Å²) in [4.78, 5) is 8.73. The first-order valence-corrected chi connectivity index (χ1v) is 6.24. The first-order valence-electron chi connectivity index (χ1n) is 6.24. The van der Waals surface area contributed by atoms with Gasteiger partial charge in [0.2, 0.25) is 5.95 Å². The van der Waals surface area contributed by atoms with Crippen molar-refractivity contribution in [1.82, 2.24) is 20.2 Å². The molecular weight excluding hydrogens is 228 g/mol. The number of H-pyrrole nitrogens is 1. The summed E-state index contributed by atoms with van der Waals surface area (Å²) in [5, 5.41) is 14.1. The lowest BCUT2D eigenvalue weighted by Gasteiger charge is -2.16. The lowest BCUT2D eigenvalue weighted by Crippen LogP contribution is -2.17. The van der Waals surface area contributed by atoms with E-state index in [9.17, 15) is 0 Å². The molecule has 0 aliphatic rings. The third kappa shape index (κ3) is 2.52. The van der Waals surface area contributed by atoms with Gasteiger partial charge in [-0.15, -0.1) is 0 Å². The van der Waals surface area contributed by atoms with Crippen LogP contribution in [0.3, 0.4) is 0 Å². The molecule has 98 valence electrons. The molecule has 2 aromatic heterocycles. The Kier molecular flexibility index (Phi) is 3.64. The fraction of sp³-hybridized carbons (Fsp3) is 0.583. The molecule has 0 aliphatic heterocycles. The minimum absolute atomic E-state index is 0.583. The molecule has 0 fully saturated rings. The van der Waals surface area contributed by atoms with E-state index < -0.39 is 0 Å². The number of aromatic nitrogens is 4. The zero-order valence-corrected chi connectivity index (χ0v) is 11.3. The maximum atomic E-state index is 4.43. The Labute approximate surface area is 107 Å². The van der Waals surface area contributed by atoms with Crippen LogP contribution in [0.15, 0.2) is 6.20 Å². The third-order valence-electron chi connectivity index (χ3n) is 3.26. The van der Waals surface area contributed by atoms with E-state index in [2.05, 4.69) is 51.6 Å². The summed E-state index contributed by atoms with van der Waals surface area (Å²) in [5.74, 6) is 2.64. The summed E-state index contributed by atoms with van der Waals surface area (Å²) in [7, 11) is 1.80. The number of hydrogen-bond acceptors (Lipinski definition) is 5. The van der Waals surface area contributed by atoms with Gasteiger partial charge in [0.05, 0.1) is 11.6 Å². The van der Waals surface area contributed by atoms with E-state index in [1.165, 1.54) is 0 Å². The summed E-state index contributed by atoms with van der Waals surface area (Å²) in [6, 6.07) is 0. The Morgan fingerprint density at radius 1 is 1.28 bits per heavy atom. The van der Waals surface area contributed by atoms with Crippen LogP contribution in [0.2, 0.25) is 0 Å². The smallest absolute Gasteiger partial charge is 0.226 e. The van der Waals surface area contributed by atoms with Gasteiger partial charge in [-0.25, -0.2) is 0 Å². The standard InChI is InChI=1S/C12H20N6/c1-7(2)8(3)5-14-10-9-6-15-18-11(9)17-12(13-4)16-10/h6-8H,5H2,1-4H3,(H3,13,14,15,16,17,18). The van der Waals surface area contributed by atoms with Crippen LogP contribution in [0.25, 0.3) is 11.0 Å². The number of nitrogens with one attached hydrogen (secondary N) is 3. The third-order valence-corrected chi connectivity index (χ3v) is 3.26. The fourth-order valence-corrected chi connectivity index (χ4v) is 1.57. The molecule has 0 aromatic carbocycles. The molecule has 1 atom stereocenters. The van der Waals surface area contributed by atoms with Gasteiger partial charge in [0.15, 0.2) is 5.65 Å². The summed E-state index contributed by atoms with van der Waals surface area (Å²) in [5.41, 5.74) is 0.744. The van der Waals surface area contributed by atoms with Crippen LogP contribution in [-0.2, 0) is 0 Å². The van der Waals surface area contributed by atoms with E-state index in [0.29, 0.717) is 17.8 Å². The van der Waals surface area contributed by atoms with Gasteiger partial charge in [-0.2, -0.15) is 15.1 Å². The average Bonchev–Trinajstić information content (AvgIpc) is 2.83. The van der Waals surface area contributed by atoms with Crippen LogP contribution in [0.4, 0.5) is 11.8 Å². The van der Waals surface area contributed by atoms with Gasteiger partial charge in [0.25, 0.3) is 0 Å². The Hall–Kier alpha value is -1.85. The van der Waals surface area contributed by atoms with Crippen LogP contribution in [0, 0.1) is 11.8 Å². The number of aromatic amines is 1. The summed E-state index contributed by atoms with van der Waals surface area (Å²) in [6.45, 7) is 7.56. The fourth-order valence-electron chi connectivity index (χ4n) is 1.57. The van der Waals surface area contributed by atoms with E-state index >= 15 is 0 Å². The van der Waals surface area contributed by atoms with Gasteiger partial charge in [0, 0.05) is 13.6 Å². The molecule has 1 unspecified atom stereocenters. The topological polar surface area (TPSA) is 78.5 Å². The summed E-state index contributed by atoms with van der Waals surface area (Å²) < 4.78 is 0. The van der Waals surface area contributed by atoms with Crippen LogP contribution in [0.1, 0.15) is 20.8 Å². The monoisotopic (exact) mass is 248 g/mol. The minimum atomic E-state index is 0.583. The van der Waals surface area contributed by atoms with E-state index in [1.54, 1.807) is 13.2 Å². The first kappa shape index (κ1) is 12.6.